The van der Waals surface area contributed by atoms with Crippen molar-refractivity contribution >= 4 is 15.9 Å². The molecule has 2 aromatic carbocycles. The highest BCUT2D eigenvalue weighted by atomic mass is 79.9. The topological polar surface area (TPSA) is 21.3 Å². The number of ether oxygens (including phenoxy) is 1. The first-order valence-electron chi connectivity index (χ1n) is 5.66. The van der Waals surface area contributed by atoms with E-state index in [0.29, 0.717) is 16.6 Å². The largest absolute Gasteiger partial charge is 0.451 e. The molecule has 0 aliphatic heterocycles. The Morgan fingerprint density at radius 2 is 1.95 bits per heavy atom. The van der Waals surface area contributed by atoms with Crippen LogP contribution in [-0.4, -0.2) is 7.05 Å². The molecule has 0 heterocycles. The van der Waals surface area contributed by atoms with Crippen LogP contribution in [0.1, 0.15) is 5.56 Å². The van der Waals surface area contributed by atoms with Crippen molar-refractivity contribution in [3.63, 3.8) is 0 Å². The molecule has 19 heavy (non-hydrogen) atoms. The minimum absolute atomic E-state index is 0.0168. The molecule has 0 radical (unpaired) electrons. The highest BCUT2D eigenvalue weighted by Crippen LogP contribution is 2.31. The molecule has 0 spiro atoms. The van der Waals surface area contributed by atoms with Crippen molar-refractivity contribution in [3.05, 3.63) is 58.1 Å². The second-order valence-electron chi connectivity index (χ2n) is 3.94. The van der Waals surface area contributed by atoms with Gasteiger partial charge >= 0.3 is 0 Å². The average molecular weight is 328 g/mol. The Kier molecular flexibility index (Phi) is 4.50. The molecule has 0 atom stereocenters. The number of hydrogen-bond donors (Lipinski definition) is 1. The Bertz CT molecular complexity index is 590. The van der Waals surface area contributed by atoms with E-state index in [1.807, 2.05) is 0 Å². The quantitative estimate of drug-likeness (QED) is 0.906. The zero-order chi connectivity index (χ0) is 13.8. The van der Waals surface area contributed by atoms with Gasteiger partial charge in [-0.3, -0.25) is 0 Å². The van der Waals surface area contributed by atoms with E-state index in [0.717, 1.165) is 0 Å². The molecular weight excluding hydrogens is 316 g/mol. The van der Waals surface area contributed by atoms with Gasteiger partial charge in [-0.25, -0.2) is 8.78 Å². The Balaban J connectivity index is 2.39. The standard InChI is InChI=1S/C14H12BrF2NO/c1-18-8-9-3-2-4-12(17)14(9)19-13-7-10(15)5-6-11(13)16/h2-7,18H,8H2,1H3. The minimum Gasteiger partial charge on any atom is -0.451 e. The molecule has 100 valence electrons. The van der Waals surface area contributed by atoms with Crippen molar-refractivity contribution in [1.29, 1.82) is 0 Å². The van der Waals surface area contributed by atoms with Crippen LogP contribution in [0.15, 0.2) is 40.9 Å². The maximum atomic E-state index is 13.8. The van der Waals surface area contributed by atoms with Crippen LogP contribution in [0, 0.1) is 11.6 Å². The van der Waals surface area contributed by atoms with Crippen LogP contribution in [0.4, 0.5) is 8.78 Å². The van der Waals surface area contributed by atoms with Crippen molar-refractivity contribution in [1.82, 2.24) is 5.32 Å². The van der Waals surface area contributed by atoms with Crippen LogP contribution < -0.4 is 10.1 Å². The third kappa shape index (κ3) is 3.30. The number of benzene rings is 2. The highest BCUT2D eigenvalue weighted by molar-refractivity contribution is 9.10. The fourth-order valence-electron chi connectivity index (χ4n) is 1.66. The summed E-state index contributed by atoms with van der Waals surface area (Å²) in [7, 11) is 1.74. The smallest absolute Gasteiger partial charge is 0.167 e. The lowest BCUT2D eigenvalue weighted by atomic mass is 10.2. The van der Waals surface area contributed by atoms with Crippen LogP contribution in [0.5, 0.6) is 11.5 Å². The molecular formula is C14H12BrF2NO. The van der Waals surface area contributed by atoms with Gasteiger partial charge in [0.1, 0.15) is 0 Å². The maximum absolute atomic E-state index is 13.8. The van der Waals surface area contributed by atoms with E-state index in [1.54, 1.807) is 25.2 Å². The highest BCUT2D eigenvalue weighted by Gasteiger charge is 2.13. The number of para-hydroxylation sites is 1. The second-order valence-corrected chi connectivity index (χ2v) is 4.85. The van der Waals surface area contributed by atoms with Gasteiger partial charge in [0, 0.05) is 16.6 Å². The van der Waals surface area contributed by atoms with Crippen molar-refractivity contribution in [2.45, 2.75) is 6.54 Å². The number of nitrogens with one attached hydrogen (secondary N) is 1. The van der Waals surface area contributed by atoms with Gasteiger partial charge in [0.15, 0.2) is 23.1 Å². The SMILES string of the molecule is CNCc1cccc(F)c1Oc1cc(Br)ccc1F. The van der Waals surface area contributed by atoms with Crippen molar-refractivity contribution in [2.75, 3.05) is 7.05 Å². The van der Waals surface area contributed by atoms with E-state index in [9.17, 15) is 8.78 Å². The lowest BCUT2D eigenvalue weighted by Crippen LogP contribution is -2.07. The van der Waals surface area contributed by atoms with Crippen molar-refractivity contribution in [2.24, 2.45) is 0 Å². The predicted octanol–water partition coefficient (Wildman–Crippen LogP) is 4.24. The Morgan fingerprint density at radius 1 is 1.16 bits per heavy atom. The molecule has 2 nitrogen and oxygen atoms in total. The fourth-order valence-corrected chi connectivity index (χ4v) is 2.00. The van der Waals surface area contributed by atoms with Gasteiger partial charge in [0.05, 0.1) is 0 Å². The van der Waals surface area contributed by atoms with E-state index >= 15 is 0 Å². The lowest BCUT2D eigenvalue weighted by molar-refractivity contribution is 0.408. The number of halogens is 3. The van der Waals surface area contributed by atoms with Crippen molar-refractivity contribution < 1.29 is 13.5 Å². The van der Waals surface area contributed by atoms with E-state index in [2.05, 4.69) is 21.2 Å². The van der Waals surface area contributed by atoms with E-state index in [4.69, 9.17) is 4.74 Å². The van der Waals surface area contributed by atoms with Gasteiger partial charge in [-0.1, -0.05) is 28.1 Å². The number of rotatable bonds is 4. The predicted molar refractivity (Wildman–Crippen MR) is 73.3 cm³/mol. The van der Waals surface area contributed by atoms with E-state index < -0.39 is 11.6 Å². The molecule has 0 aliphatic carbocycles. The monoisotopic (exact) mass is 327 g/mol. The summed E-state index contributed by atoms with van der Waals surface area (Å²) in [6.45, 7) is 0.433. The molecule has 0 fully saturated rings. The molecule has 0 bridgehead atoms. The summed E-state index contributed by atoms with van der Waals surface area (Å²) in [6, 6.07) is 8.88. The molecule has 0 aromatic heterocycles. The lowest BCUT2D eigenvalue weighted by Gasteiger charge is -2.12. The van der Waals surface area contributed by atoms with E-state index in [1.165, 1.54) is 18.2 Å². The Morgan fingerprint density at radius 3 is 2.68 bits per heavy atom. The zero-order valence-electron chi connectivity index (χ0n) is 10.2. The van der Waals surface area contributed by atoms with Gasteiger partial charge in [0.25, 0.3) is 0 Å². The van der Waals surface area contributed by atoms with Crippen LogP contribution in [0.2, 0.25) is 0 Å². The molecule has 2 rings (SSSR count). The normalized spacial score (nSPS) is 10.5. The van der Waals surface area contributed by atoms with Gasteiger partial charge in [0.2, 0.25) is 0 Å². The summed E-state index contributed by atoms with van der Waals surface area (Å²) in [5.41, 5.74) is 0.627. The first-order valence-corrected chi connectivity index (χ1v) is 6.46. The average Bonchev–Trinajstić information content (AvgIpc) is 2.38. The summed E-state index contributed by atoms with van der Waals surface area (Å²) in [5, 5.41) is 2.91. The minimum atomic E-state index is -0.540. The Labute approximate surface area is 118 Å². The Hall–Kier alpha value is -1.46. The van der Waals surface area contributed by atoms with Crippen LogP contribution >= 0.6 is 15.9 Å². The first kappa shape index (κ1) is 14.0. The summed E-state index contributed by atoms with van der Waals surface area (Å²) < 4.78 is 33.5. The fraction of sp³-hybridized carbons (Fsp3) is 0.143. The molecule has 0 unspecified atom stereocenters. The van der Waals surface area contributed by atoms with Gasteiger partial charge in [-0.15, -0.1) is 0 Å². The second kappa shape index (κ2) is 6.12. The molecule has 0 saturated heterocycles. The third-order valence-electron chi connectivity index (χ3n) is 2.52. The summed E-state index contributed by atoms with van der Waals surface area (Å²) in [6.07, 6.45) is 0. The van der Waals surface area contributed by atoms with Crippen LogP contribution in [0.25, 0.3) is 0 Å². The third-order valence-corrected chi connectivity index (χ3v) is 3.01. The zero-order valence-corrected chi connectivity index (χ0v) is 11.8. The maximum Gasteiger partial charge on any atom is 0.167 e. The molecule has 0 saturated carbocycles. The molecule has 0 aliphatic rings. The van der Waals surface area contributed by atoms with E-state index in [-0.39, 0.29) is 11.5 Å². The van der Waals surface area contributed by atoms with Gasteiger partial charge < -0.3 is 10.1 Å². The molecule has 1 N–H and O–H groups in total. The molecule has 5 heteroatoms. The summed E-state index contributed by atoms with van der Waals surface area (Å²) >= 11 is 3.22. The summed E-state index contributed by atoms with van der Waals surface area (Å²) in [5.74, 6) is -1.04. The van der Waals surface area contributed by atoms with Crippen LogP contribution in [0.3, 0.4) is 0 Å². The summed E-state index contributed by atoms with van der Waals surface area (Å²) in [4.78, 5) is 0. The van der Waals surface area contributed by atoms with Gasteiger partial charge in [-0.2, -0.15) is 0 Å². The van der Waals surface area contributed by atoms with Crippen LogP contribution in [-0.2, 0) is 6.54 Å². The number of hydrogen-bond acceptors (Lipinski definition) is 2. The van der Waals surface area contributed by atoms with Gasteiger partial charge in [-0.05, 0) is 31.3 Å². The molecule has 2 aromatic rings. The molecule has 0 amide bonds. The first-order chi connectivity index (χ1) is 9.11. The van der Waals surface area contributed by atoms with Crippen molar-refractivity contribution in [3.8, 4) is 11.5 Å².